The predicted molar refractivity (Wildman–Crippen MR) is 128 cm³/mol. The first-order valence-electron chi connectivity index (χ1n) is 11.0. The molecule has 0 spiro atoms. The van der Waals surface area contributed by atoms with Gasteiger partial charge in [0.25, 0.3) is 5.92 Å². The van der Waals surface area contributed by atoms with E-state index >= 15 is 0 Å². The molecule has 4 rings (SSSR count). The normalized spacial score (nSPS) is 18.7. The topological polar surface area (TPSA) is 30.9 Å². The fourth-order valence-corrected chi connectivity index (χ4v) is 4.38. The molecule has 0 radical (unpaired) electrons. The van der Waals surface area contributed by atoms with Crippen molar-refractivity contribution in [2.24, 2.45) is 4.99 Å². The highest BCUT2D eigenvalue weighted by molar-refractivity contribution is 5.98. The van der Waals surface area contributed by atoms with Crippen LogP contribution in [0.25, 0.3) is 5.70 Å². The minimum Gasteiger partial charge on any atom is -0.378 e. The number of likely N-dealkylation sites (tertiary alicyclic amines) is 1. The average Bonchev–Trinajstić information content (AvgIpc) is 2.75. The summed E-state index contributed by atoms with van der Waals surface area (Å²) in [7, 11) is 0. The number of piperidine rings is 1. The van der Waals surface area contributed by atoms with E-state index < -0.39 is 5.92 Å². The molecule has 0 amide bonds. The van der Waals surface area contributed by atoms with Crippen LogP contribution in [0.3, 0.4) is 0 Å². The van der Waals surface area contributed by atoms with Crippen LogP contribution >= 0.6 is 0 Å². The second kappa shape index (κ2) is 8.41. The molecule has 0 bridgehead atoms. The first kappa shape index (κ1) is 22.1. The van der Waals surface area contributed by atoms with Crippen molar-refractivity contribution in [1.29, 1.82) is 0 Å². The molecule has 4 nitrogen and oxygen atoms in total. The molecule has 32 heavy (non-hydrogen) atoms. The highest BCUT2D eigenvalue weighted by Crippen LogP contribution is 2.41. The smallest absolute Gasteiger partial charge is 0.251 e. The minimum absolute atomic E-state index is 0.0106. The van der Waals surface area contributed by atoms with Crippen molar-refractivity contribution in [2.45, 2.75) is 45.6 Å². The van der Waals surface area contributed by atoms with Gasteiger partial charge >= 0.3 is 0 Å². The fraction of sp³-hybridized carbons (Fsp3) is 0.346. The Hall–Kier alpha value is -3.15. The number of para-hydroxylation sites is 1. The quantitative estimate of drug-likeness (QED) is 0.584. The van der Waals surface area contributed by atoms with Crippen LogP contribution in [0, 0.1) is 13.8 Å². The summed E-state index contributed by atoms with van der Waals surface area (Å²) < 4.78 is 27.5. The number of benzene rings is 2. The molecule has 2 heterocycles. The van der Waals surface area contributed by atoms with Gasteiger partial charge in [0.2, 0.25) is 5.96 Å². The lowest BCUT2D eigenvalue weighted by Crippen LogP contribution is -2.48. The van der Waals surface area contributed by atoms with E-state index in [1.165, 1.54) is 5.56 Å². The molecule has 2 aliphatic heterocycles. The van der Waals surface area contributed by atoms with Gasteiger partial charge < -0.3 is 10.2 Å². The van der Waals surface area contributed by atoms with E-state index in [1.54, 1.807) is 6.20 Å². The van der Waals surface area contributed by atoms with E-state index in [0.29, 0.717) is 5.96 Å². The van der Waals surface area contributed by atoms with Crippen molar-refractivity contribution in [2.75, 3.05) is 18.4 Å². The molecule has 1 unspecified atom stereocenters. The summed E-state index contributed by atoms with van der Waals surface area (Å²) in [6.45, 7) is 15.0. The van der Waals surface area contributed by atoms with Crippen LogP contribution in [0.15, 0.2) is 60.7 Å². The number of fused-ring (bicyclic) bond motifs is 1. The molecule has 2 aromatic rings. The second-order valence-electron chi connectivity index (χ2n) is 8.69. The first-order chi connectivity index (χ1) is 15.2. The van der Waals surface area contributed by atoms with Crippen LogP contribution < -0.4 is 5.32 Å². The molecule has 168 valence electrons. The van der Waals surface area contributed by atoms with E-state index in [9.17, 15) is 8.78 Å². The Kier molecular flexibility index (Phi) is 5.80. The zero-order valence-corrected chi connectivity index (χ0v) is 19.0. The van der Waals surface area contributed by atoms with Crippen molar-refractivity contribution in [3.63, 3.8) is 0 Å². The van der Waals surface area contributed by atoms with Gasteiger partial charge in [-0.2, -0.15) is 0 Å². The van der Waals surface area contributed by atoms with Crippen LogP contribution in [0.2, 0.25) is 0 Å². The number of aryl methyl sites for hydroxylation is 2. The SMILES string of the molecule is C=CN1C(=C)c2cc(C)cc(C(C)Nc3ccccc3C)c2N=C1N1CCC(F)(F)CC1. The molecule has 2 aromatic carbocycles. The van der Waals surface area contributed by atoms with Crippen molar-refractivity contribution < 1.29 is 8.78 Å². The van der Waals surface area contributed by atoms with Gasteiger partial charge in [-0.1, -0.05) is 37.4 Å². The monoisotopic (exact) mass is 436 g/mol. The molecule has 1 atom stereocenters. The maximum absolute atomic E-state index is 13.8. The number of halogens is 2. The van der Waals surface area contributed by atoms with Crippen molar-refractivity contribution in [3.8, 4) is 0 Å². The lowest BCUT2D eigenvalue weighted by atomic mass is 9.95. The molecular weight excluding hydrogens is 406 g/mol. The number of nitrogens with one attached hydrogen (secondary N) is 1. The summed E-state index contributed by atoms with van der Waals surface area (Å²) in [5.41, 5.74) is 6.92. The van der Waals surface area contributed by atoms with Crippen LogP contribution in [-0.4, -0.2) is 34.8 Å². The van der Waals surface area contributed by atoms with Gasteiger partial charge in [-0.05, 0) is 44.0 Å². The number of nitrogens with zero attached hydrogens (tertiary/aromatic N) is 3. The second-order valence-corrected chi connectivity index (χ2v) is 8.69. The largest absolute Gasteiger partial charge is 0.378 e. The summed E-state index contributed by atoms with van der Waals surface area (Å²) in [6, 6.07) is 12.4. The molecule has 2 aliphatic rings. The van der Waals surface area contributed by atoms with Crippen LogP contribution in [0.4, 0.5) is 20.2 Å². The Labute approximate surface area is 189 Å². The number of guanidine groups is 1. The third-order valence-corrected chi connectivity index (χ3v) is 6.26. The van der Waals surface area contributed by atoms with Crippen molar-refractivity contribution in [1.82, 2.24) is 9.80 Å². The van der Waals surface area contributed by atoms with E-state index in [2.05, 4.69) is 63.5 Å². The lowest BCUT2D eigenvalue weighted by Gasteiger charge is -2.40. The van der Waals surface area contributed by atoms with Crippen LogP contribution in [0.5, 0.6) is 0 Å². The Morgan fingerprint density at radius 2 is 1.84 bits per heavy atom. The van der Waals surface area contributed by atoms with Crippen molar-refractivity contribution >= 4 is 23.0 Å². The highest BCUT2D eigenvalue weighted by Gasteiger charge is 2.37. The van der Waals surface area contributed by atoms with Gasteiger partial charge in [-0.15, -0.1) is 0 Å². The van der Waals surface area contributed by atoms with E-state index in [-0.39, 0.29) is 32.0 Å². The van der Waals surface area contributed by atoms with E-state index in [4.69, 9.17) is 4.99 Å². The van der Waals surface area contributed by atoms with Gasteiger partial charge in [0.15, 0.2) is 0 Å². The number of hydrogen-bond donors (Lipinski definition) is 1. The predicted octanol–water partition coefficient (Wildman–Crippen LogP) is 6.62. The van der Waals surface area contributed by atoms with Crippen LogP contribution in [0.1, 0.15) is 48.1 Å². The van der Waals surface area contributed by atoms with Crippen molar-refractivity contribution in [3.05, 3.63) is 78.0 Å². The maximum atomic E-state index is 13.8. The number of aliphatic imine (C=N–C) groups is 1. The number of rotatable bonds is 4. The van der Waals surface area contributed by atoms with Gasteiger partial charge in [-0.3, -0.25) is 4.90 Å². The summed E-state index contributed by atoms with van der Waals surface area (Å²) in [5.74, 6) is -2.00. The summed E-state index contributed by atoms with van der Waals surface area (Å²) in [5, 5.41) is 3.60. The summed E-state index contributed by atoms with van der Waals surface area (Å²) in [4.78, 5) is 8.72. The Bertz CT molecular complexity index is 1080. The molecule has 1 saturated heterocycles. The molecule has 0 saturated carbocycles. The number of alkyl halides is 2. The Morgan fingerprint density at radius 3 is 2.50 bits per heavy atom. The molecular formula is C26H30F2N4. The van der Waals surface area contributed by atoms with Gasteiger partial charge in [0, 0.05) is 48.9 Å². The fourth-order valence-electron chi connectivity index (χ4n) is 4.38. The highest BCUT2D eigenvalue weighted by atomic mass is 19.3. The van der Waals surface area contributed by atoms with Gasteiger partial charge in [0.05, 0.1) is 17.4 Å². The molecule has 0 aromatic heterocycles. The maximum Gasteiger partial charge on any atom is 0.251 e. The summed E-state index contributed by atoms with van der Waals surface area (Å²) in [6.07, 6.45) is 1.30. The van der Waals surface area contributed by atoms with Gasteiger partial charge in [-0.25, -0.2) is 13.8 Å². The van der Waals surface area contributed by atoms with Crippen LogP contribution in [-0.2, 0) is 0 Å². The minimum atomic E-state index is -2.62. The molecule has 1 N–H and O–H groups in total. The Morgan fingerprint density at radius 1 is 1.16 bits per heavy atom. The number of anilines is 1. The molecule has 0 aliphatic carbocycles. The van der Waals surface area contributed by atoms with E-state index in [0.717, 1.165) is 33.8 Å². The first-order valence-corrected chi connectivity index (χ1v) is 11.0. The third kappa shape index (κ3) is 4.14. The average molecular weight is 437 g/mol. The Balaban J connectivity index is 1.75. The molecule has 1 fully saturated rings. The van der Waals surface area contributed by atoms with E-state index in [1.807, 2.05) is 21.9 Å². The number of hydrogen-bond acceptors (Lipinski definition) is 4. The molecule has 6 heteroatoms. The van der Waals surface area contributed by atoms with Gasteiger partial charge in [0.1, 0.15) is 0 Å². The lowest BCUT2D eigenvalue weighted by molar-refractivity contribution is -0.0444. The standard InChI is InChI=1S/C26H30F2N4/c1-6-32-20(5)22-16-17(2)15-21(19(4)29-23-10-8-7-9-18(23)3)24(22)30-25(32)31-13-11-26(27,28)12-14-31/h6-10,15-16,19,29H,1,5,11-14H2,2-4H3. The zero-order valence-electron chi connectivity index (χ0n) is 19.0. The zero-order chi connectivity index (χ0) is 23.0. The summed E-state index contributed by atoms with van der Waals surface area (Å²) >= 11 is 0. The third-order valence-electron chi connectivity index (χ3n) is 6.26.